The molecule has 0 saturated heterocycles. The summed E-state index contributed by atoms with van der Waals surface area (Å²) in [7, 11) is 1.60. The first-order chi connectivity index (χ1) is 10.6. The van der Waals surface area contributed by atoms with E-state index in [1.165, 1.54) is 0 Å². The molecule has 0 amide bonds. The van der Waals surface area contributed by atoms with Gasteiger partial charge in [0.05, 0.1) is 13.7 Å². The van der Waals surface area contributed by atoms with Gasteiger partial charge in [0.1, 0.15) is 0 Å². The van der Waals surface area contributed by atoms with Crippen LogP contribution in [0.15, 0.2) is 23.0 Å². The summed E-state index contributed by atoms with van der Waals surface area (Å²) < 4.78 is 11.4. The Morgan fingerprint density at radius 3 is 2.64 bits per heavy atom. The summed E-state index contributed by atoms with van der Waals surface area (Å²) in [5.41, 5.74) is 2.27. The zero-order valence-corrected chi connectivity index (χ0v) is 13.8. The molecule has 2 rings (SSSR count). The van der Waals surface area contributed by atoms with E-state index in [4.69, 9.17) is 21.7 Å². The van der Waals surface area contributed by atoms with Crippen LogP contribution in [0.2, 0.25) is 0 Å². The van der Waals surface area contributed by atoms with Gasteiger partial charge < -0.3 is 14.5 Å². The Morgan fingerprint density at radius 1 is 1.23 bits per heavy atom. The number of ether oxygens (including phenoxy) is 2. The molecule has 1 aromatic carbocycles. The number of methoxy groups -OCH3 is 1. The SMILES string of the molecule is CCOc1c(Cc2c(CC)[nH]c(=S)[nH]c2=O)cccc1OC. The van der Waals surface area contributed by atoms with Gasteiger partial charge in [0.25, 0.3) is 5.56 Å². The fourth-order valence-electron chi connectivity index (χ4n) is 2.41. The molecule has 2 aromatic rings. The minimum atomic E-state index is -0.161. The molecule has 0 fully saturated rings. The number of aromatic amines is 2. The summed E-state index contributed by atoms with van der Waals surface area (Å²) in [6.07, 6.45) is 1.16. The lowest BCUT2D eigenvalue weighted by Crippen LogP contribution is -2.18. The quantitative estimate of drug-likeness (QED) is 0.803. The minimum Gasteiger partial charge on any atom is -0.493 e. The topological polar surface area (TPSA) is 67.1 Å². The lowest BCUT2D eigenvalue weighted by atomic mass is 10.0. The van der Waals surface area contributed by atoms with Crippen LogP contribution < -0.4 is 15.0 Å². The van der Waals surface area contributed by atoms with E-state index in [-0.39, 0.29) is 5.56 Å². The molecule has 1 aromatic heterocycles. The van der Waals surface area contributed by atoms with Crippen molar-refractivity contribution in [3.63, 3.8) is 0 Å². The molecule has 0 unspecified atom stereocenters. The Morgan fingerprint density at radius 2 is 2.00 bits per heavy atom. The summed E-state index contributed by atoms with van der Waals surface area (Å²) in [5, 5.41) is 0. The number of aryl methyl sites for hydroxylation is 1. The fraction of sp³-hybridized carbons (Fsp3) is 0.375. The van der Waals surface area contributed by atoms with Crippen molar-refractivity contribution in [2.75, 3.05) is 13.7 Å². The zero-order valence-electron chi connectivity index (χ0n) is 13.0. The summed E-state index contributed by atoms with van der Waals surface area (Å²) >= 11 is 5.03. The number of nitrogens with one attached hydrogen (secondary N) is 2. The normalized spacial score (nSPS) is 10.5. The first kappa shape index (κ1) is 16.3. The van der Waals surface area contributed by atoms with E-state index < -0.39 is 0 Å². The lowest BCUT2D eigenvalue weighted by molar-refractivity contribution is 0.308. The molecule has 0 spiro atoms. The molecule has 0 bridgehead atoms. The zero-order chi connectivity index (χ0) is 16.1. The lowest BCUT2D eigenvalue weighted by Gasteiger charge is -2.15. The molecule has 1 heterocycles. The van der Waals surface area contributed by atoms with Crippen LogP contribution in [0.1, 0.15) is 30.7 Å². The molecule has 22 heavy (non-hydrogen) atoms. The minimum absolute atomic E-state index is 0.161. The molecule has 118 valence electrons. The largest absolute Gasteiger partial charge is 0.493 e. The van der Waals surface area contributed by atoms with Gasteiger partial charge in [-0.1, -0.05) is 19.1 Å². The molecule has 0 aliphatic carbocycles. The van der Waals surface area contributed by atoms with Crippen molar-refractivity contribution in [2.24, 2.45) is 0 Å². The van der Waals surface area contributed by atoms with Crippen molar-refractivity contribution in [3.05, 3.63) is 50.1 Å². The highest BCUT2D eigenvalue weighted by Gasteiger charge is 2.14. The molecule has 0 atom stereocenters. The van der Waals surface area contributed by atoms with Crippen molar-refractivity contribution in [2.45, 2.75) is 26.7 Å². The van der Waals surface area contributed by atoms with Crippen LogP contribution in [0.4, 0.5) is 0 Å². The standard InChI is InChI=1S/C16H20N2O3S/c1-4-12-11(15(19)18-16(22)17-12)9-10-7-6-8-13(20-3)14(10)21-5-2/h6-8H,4-5,9H2,1-3H3,(H2,17,18,19,22). The number of hydrogen-bond acceptors (Lipinski definition) is 4. The van der Waals surface area contributed by atoms with Crippen molar-refractivity contribution in [3.8, 4) is 11.5 Å². The van der Waals surface area contributed by atoms with E-state index in [0.29, 0.717) is 41.3 Å². The van der Waals surface area contributed by atoms with Gasteiger partial charge in [0, 0.05) is 23.2 Å². The maximum atomic E-state index is 12.2. The van der Waals surface area contributed by atoms with E-state index in [1.807, 2.05) is 32.0 Å². The molecule has 0 aliphatic rings. The smallest absolute Gasteiger partial charge is 0.255 e. The Balaban J connectivity index is 2.52. The van der Waals surface area contributed by atoms with Crippen molar-refractivity contribution in [1.29, 1.82) is 0 Å². The fourth-order valence-corrected chi connectivity index (χ4v) is 2.62. The third-order valence-electron chi connectivity index (χ3n) is 3.42. The summed E-state index contributed by atoms with van der Waals surface area (Å²) in [6.45, 7) is 4.43. The van der Waals surface area contributed by atoms with Crippen LogP contribution in [-0.2, 0) is 12.8 Å². The monoisotopic (exact) mass is 320 g/mol. The van der Waals surface area contributed by atoms with E-state index in [1.54, 1.807) is 7.11 Å². The highest BCUT2D eigenvalue weighted by molar-refractivity contribution is 7.71. The highest BCUT2D eigenvalue weighted by Crippen LogP contribution is 2.32. The van der Waals surface area contributed by atoms with Crippen molar-refractivity contribution >= 4 is 12.2 Å². The van der Waals surface area contributed by atoms with Gasteiger partial charge >= 0.3 is 0 Å². The van der Waals surface area contributed by atoms with Crippen LogP contribution in [0.3, 0.4) is 0 Å². The third kappa shape index (κ3) is 3.39. The first-order valence-corrected chi connectivity index (χ1v) is 7.64. The second kappa shape index (κ2) is 7.26. The second-order valence-electron chi connectivity index (χ2n) is 4.78. The highest BCUT2D eigenvalue weighted by atomic mass is 32.1. The number of aromatic nitrogens is 2. The number of benzene rings is 1. The molecule has 0 aliphatic heterocycles. The second-order valence-corrected chi connectivity index (χ2v) is 5.19. The maximum Gasteiger partial charge on any atom is 0.255 e. The molecule has 0 saturated carbocycles. The van der Waals surface area contributed by atoms with Gasteiger partial charge in [-0.25, -0.2) is 0 Å². The summed E-state index contributed by atoms with van der Waals surface area (Å²) in [4.78, 5) is 17.9. The molecular formula is C16H20N2O3S. The Hall–Kier alpha value is -2.08. The van der Waals surface area contributed by atoms with Crippen molar-refractivity contribution in [1.82, 2.24) is 9.97 Å². The van der Waals surface area contributed by atoms with Crippen LogP contribution in [0.25, 0.3) is 0 Å². The summed E-state index contributed by atoms with van der Waals surface area (Å²) in [5.74, 6) is 1.34. The Labute approximate surface area is 134 Å². The molecule has 0 radical (unpaired) electrons. The maximum absolute atomic E-state index is 12.2. The number of hydrogen-bond donors (Lipinski definition) is 2. The Bertz CT molecular complexity index is 765. The predicted molar refractivity (Wildman–Crippen MR) is 88.6 cm³/mol. The van der Waals surface area contributed by atoms with Gasteiger partial charge in [-0.3, -0.25) is 9.78 Å². The van der Waals surface area contributed by atoms with Gasteiger partial charge in [0.15, 0.2) is 16.3 Å². The van der Waals surface area contributed by atoms with E-state index in [9.17, 15) is 4.79 Å². The average molecular weight is 320 g/mol. The summed E-state index contributed by atoms with van der Waals surface area (Å²) in [6, 6.07) is 5.67. The number of H-pyrrole nitrogens is 2. The van der Waals surface area contributed by atoms with Gasteiger partial charge in [-0.2, -0.15) is 0 Å². The third-order valence-corrected chi connectivity index (χ3v) is 3.62. The van der Waals surface area contributed by atoms with E-state index in [0.717, 1.165) is 11.3 Å². The number of para-hydroxylation sites is 1. The molecular weight excluding hydrogens is 300 g/mol. The molecule has 5 nitrogen and oxygen atoms in total. The molecule has 2 N–H and O–H groups in total. The predicted octanol–water partition coefficient (Wildman–Crippen LogP) is 2.99. The van der Waals surface area contributed by atoms with Gasteiger partial charge in [-0.05, 0) is 31.6 Å². The van der Waals surface area contributed by atoms with Crippen LogP contribution in [-0.4, -0.2) is 23.7 Å². The average Bonchev–Trinajstić information content (AvgIpc) is 2.51. The van der Waals surface area contributed by atoms with Crippen LogP contribution in [0, 0.1) is 4.77 Å². The van der Waals surface area contributed by atoms with Gasteiger partial charge in [0.2, 0.25) is 0 Å². The Kier molecular flexibility index (Phi) is 5.38. The van der Waals surface area contributed by atoms with Crippen molar-refractivity contribution < 1.29 is 9.47 Å². The van der Waals surface area contributed by atoms with Crippen LogP contribution in [0.5, 0.6) is 11.5 Å². The number of rotatable bonds is 6. The van der Waals surface area contributed by atoms with Gasteiger partial charge in [-0.15, -0.1) is 0 Å². The van der Waals surface area contributed by atoms with E-state index >= 15 is 0 Å². The van der Waals surface area contributed by atoms with E-state index in [2.05, 4.69) is 9.97 Å². The molecule has 6 heteroatoms. The van der Waals surface area contributed by atoms with Crippen LogP contribution >= 0.6 is 12.2 Å². The first-order valence-electron chi connectivity index (χ1n) is 7.23.